The van der Waals surface area contributed by atoms with E-state index in [9.17, 15) is 43.5 Å². The van der Waals surface area contributed by atoms with Crippen LogP contribution in [0.5, 0.6) is 0 Å². The second-order valence-electron chi connectivity index (χ2n) is 17.2. The number of amides is 7. The van der Waals surface area contributed by atoms with Gasteiger partial charge in [0.25, 0.3) is 0 Å². The van der Waals surface area contributed by atoms with E-state index in [0.29, 0.717) is 18.5 Å². The van der Waals surface area contributed by atoms with Gasteiger partial charge in [0.1, 0.15) is 42.3 Å². The van der Waals surface area contributed by atoms with Crippen LogP contribution in [0.1, 0.15) is 107 Å². The van der Waals surface area contributed by atoms with Crippen LogP contribution in [0, 0.1) is 23.7 Å². The van der Waals surface area contributed by atoms with E-state index in [1.807, 2.05) is 34.6 Å². The summed E-state index contributed by atoms with van der Waals surface area (Å²) in [6.07, 6.45) is 4.26. The Hall–Kier alpha value is -5.80. The fourth-order valence-corrected chi connectivity index (χ4v) is 6.25. The van der Waals surface area contributed by atoms with Gasteiger partial charge in [0.05, 0.1) is 12.4 Å². The monoisotopic (exact) mass is 892 g/mol. The van der Waals surface area contributed by atoms with Gasteiger partial charge in [-0.25, -0.2) is 9.78 Å². The number of rotatable bonds is 28. The maximum absolute atomic E-state index is 13.9. The van der Waals surface area contributed by atoms with E-state index in [4.69, 9.17) is 17.2 Å². The lowest BCUT2D eigenvalue weighted by Gasteiger charge is -2.30. The Balaban J connectivity index is 3.14. The molecule has 0 saturated carbocycles. The van der Waals surface area contributed by atoms with Gasteiger partial charge < -0.3 is 64.5 Å². The molecule has 0 fully saturated rings. The van der Waals surface area contributed by atoms with Crippen molar-refractivity contribution >= 4 is 53.3 Å². The van der Waals surface area contributed by atoms with Crippen LogP contribution in [0.4, 0.5) is 0 Å². The van der Waals surface area contributed by atoms with Crippen LogP contribution in [0.3, 0.4) is 0 Å². The molecule has 0 aliphatic carbocycles. The van der Waals surface area contributed by atoms with Crippen LogP contribution in [-0.2, 0) is 44.8 Å². The summed E-state index contributed by atoms with van der Waals surface area (Å²) in [6, 6.07) is -9.10. The number of aromatic amines is 1. The van der Waals surface area contributed by atoms with E-state index in [-0.39, 0.29) is 50.0 Å². The SMILES string of the molecule is CC[C@H](C)[C@H](NC(=O)[C@@H](NC(=O)[C@H](C)NC(=O)[C@H](CCCN=C(N)N)NC(=O)[C@@H](N)Cc1cnc[nH]1)C(C)C)C(=O)N[C@@H](CC(C)C)C(=O)N[C@@H](C)C(=O)N[C@@H](CC(C)C)C(=O)O. The van der Waals surface area contributed by atoms with Crippen LogP contribution in [-0.4, -0.2) is 123 Å². The molecule has 22 nitrogen and oxygen atoms in total. The zero-order valence-corrected chi connectivity index (χ0v) is 38.4. The number of nitrogens with two attached hydrogens (primary N) is 3. The molecule has 15 N–H and O–H groups in total. The third-order valence-electron chi connectivity index (χ3n) is 10.1. The summed E-state index contributed by atoms with van der Waals surface area (Å²) in [7, 11) is 0. The second-order valence-corrected chi connectivity index (χ2v) is 17.2. The Kier molecular flexibility index (Phi) is 23.9. The van der Waals surface area contributed by atoms with Gasteiger partial charge in [0.2, 0.25) is 41.4 Å². The van der Waals surface area contributed by atoms with Gasteiger partial charge in [0, 0.05) is 24.9 Å². The summed E-state index contributed by atoms with van der Waals surface area (Å²) >= 11 is 0. The molecule has 0 unspecified atom stereocenters. The minimum atomic E-state index is -1.21. The minimum absolute atomic E-state index is 0.0192. The number of aliphatic imine (C=N–C) groups is 1. The molecule has 7 amide bonds. The van der Waals surface area contributed by atoms with Gasteiger partial charge in [-0.2, -0.15) is 0 Å². The van der Waals surface area contributed by atoms with Gasteiger partial charge in [-0.15, -0.1) is 0 Å². The smallest absolute Gasteiger partial charge is 0.326 e. The predicted octanol–water partition coefficient (Wildman–Crippen LogP) is -1.35. The van der Waals surface area contributed by atoms with Crippen molar-refractivity contribution in [2.24, 2.45) is 45.9 Å². The highest BCUT2D eigenvalue weighted by atomic mass is 16.4. The molecule has 1 rings (SSSR count). The molecule has 22 heteroatoms. The molecular formula is C41H73N13O9. The van der Waals surface area contributed by atoms with Crippen molar-refractivity contribution in [3.63, 3.8) is 0 Å². The van der Waals surface area contributed by atoms with Crippen LogP contribution >= 0.6 is 0 Å². The second kappa shape index (κ2) is 27.3. The molecule has 1 aromatic rings. The van der Waals surface area contributed by atoms with Gasteiger partial charge in [0.15, 0.2) is 5.96 Å². The van der Waals surface area contributed by atoms with Crippen molar-refractivity contribution in [2.45, 2.75) is 156 Å². The molecule has 1 heterocycles. The van der Waals surface area contributed by atoms with E-state index in [2.05, 4.69) is 52.2 Å². The zero-order chi connectivity index (χ0) is 48.1. The molecular weight excluding hydrogens is 819 g/mol. The predicted molar refractivity (Wildman–Crippen MR) is 236 cm³/mol. The van der Waals surface area contributed by atoms with Crippen molar-refractivity contribution < 1.29 is 43.5 Å². The standard InChI is InChI=1S/C41H73N13O9/c1-11-23(8)32(39(61)51-29(15-20(2)3)37(59)49-24(9)33(55)52-30(40(62)63)16-21(4)5)54-38(60)31(22(6)7)53-34(56)25(10)48-36(58)28(13-12-14-46-41(43)44)50-35(57)27(42)17-26-18-45-19-47-26/h18-25,27-32H,11-17,42H2,1-10H3,(H,45,47)(H,48,58)(H,49,59)(H,50,57)(H,51,61)(H,52,55)(H,53,56)(H,54,60)(H,62,63)(H4,43,44,46)/t23-,24-,25-,27-,28-,29-,30-,31-,32-/m0/s1. The Morgan fingerprint density at radius 1 is 0.667 bits per heavy atom. The first kappa shape index (κ1) is 55.2. The molecule has 0 radical (unpaired) electrons. The molecule has 0 saturated heterocycles. The zero-order valence-electron chi connectivity index (χ0n) is 38.4. The number of hydrogen-bond donors (Lipinski definition) is 12. The van der Waals surface area contributed by atoms with Crippen molar-refractivity contribution in [3.05, 3.63) is 18.2 Å². The number of guanidine groups is 1. The van der Waals surface area contributed by atoms with E-state index < -0.39 is 107 Å². The first-order valence-corrected chi connectivity index (χ1v) is 21.5. The number of aromatic nitrogens is 2. The summed E-state index contributed by atoms with van der Waals surface area (Å²) in [5.74, 6) is -7.21. The lowest BCUT2D eigenvalue weighted by atomic mass is 9.95. The molecule has 1 aromatic heterocycles. The molecule has 0 aromatic carbocycles. The number of carboxylic acid groups (broad SMARTS) is 1. The highest BCUT2D eigenvalue weighted by molar-refractivity contribution is 5.97. The van der Waals surface area contributed by atoms with Crippen LogP contribution in [0.25, 0.3) is 0 Å². The fourth-order valence-electron chi connectivity index (χ4n) is 6.25. The van der Waals surface area contributed by atoms with Crippen molar-refractivity contribution in [1.82, 2.24) is 47.2 Å². The number of carboxylic acids is 1. The lowest BCUT2D eigenvalue weighted by molar-refractivity contribution is -0.142. The lowest BCUT2D eigenvalue weighted by Crippen LogP contribution is -2.61. The van der Waals surface area contributed by atoms with Gasteiger partial charge in [-0.05, 0) is 63.2 Å². The Morgan fingerprint density at radius 2 is 1.16 bits per heavy atom. The number of H-pyrrole nitrogens is 1. The summed E-state index contributed by atoms with van der Waals surface area (Å²) in [4.78, 5) is 117. The number of nitrogens with one attached hydrogen (secondary N) is 8. The average molecular weight is 892 g/mol. The molecule has 0 bridgehead atoms. The van der Waals surface area contributed by atoms with Crippen LogP contribution < -0.4 is 54.4 Å². The van der Waals surface area contributed by atoms with Gasteiger partial charge in [-0.3, -0.25) is 38.6 Å². The van der Waals surface area contributed by atoms with E-state index >= 15 is 0 Å². The Morgan fingerprint density at radius 3 is 1.65 bits per heavy atom. The topological polar surface area (TPSA) is 360 Å². The maximum Gasteiger partial charge on any atom is 0.326 e. The minimum Gasteiger partial charge on any atom is -0.480 e. The highest BCUT2D eigenvalue weighted by Gasteiger charge is 2.35. The normalized spacial score (nSPS) is 15.6. The number of carbonyl (C=O) groups is 8. The average Bonchev–Trinajstić information content (AvgIpc) is 3.71. The van der Waals surface area contributed by atoms with Gasteiger partial charge in [-0.1, -0.05) is 61.8 Å². The quantitative estimate of drug-likeness (QED) is 0.0263. The third kappa shape index (κ3) is 20.3. The summed E-state index contributed by atoms with van der Waals surface area (Å²) in [5, 5.41) is 27.9. The summed E-state index contributed by atoms with van der Waals surface area (Å²) in [6.45, 7) is 17.2. The molecule has 0 aliphatic rings. The van der Waals surface area contributed by atoms with Crippen LogP contribution in [0.15, 0.2) is 17.5 Å². The van der Waals surface area contributed by atoms with Crippen molar-refractivity contribution in [2.75, 3.05) is 6.54 Å². The summed E-state index contributed by atoms with van der Waals surface area (Å²) in [5.41, 5.74) is 17.5. The maximum atomic E-state index is 13.9. The first-order valence-electron chi connectivity index (χ1n) is 21.5. The molecule has 9 atom stereocenters. The number of carbonyl (C=O) groups excluding carboxylic acids is 7. The molecule has 0 spiro atoms. The van der Waals surface area contributed by atoms with E-state index in [1.165, 1.54) is 26.4 Å². The fraction of sp³-hybridized carbons (Fsp3) is 0.707. The number of aliphatic carboxylic acids is 1. The van der Waals surface area contributed by atoms with E-state index in [0.717, 1.165) is 0 Å². The molecule has 0 aliphatic heterocycles. The molecule has 63 heavy (non-hydrogen) atoms. The Bertz CT molecular complexity index is 1700. The summed E-state index contributed by atoms with van der Waals surface area (Å²) < 4.78 is 0. The molecule has 356 valence electrons. The first-order chi connectivity index (χ1) is 29.4. The third-order valence-corrected chi connectivity index (χ3v) is 10.1. The van der Waals surface area contributed by atoms with Crippen molar-refractivity contribution in [3.8, 4) is 0 Å². The Labute approximate surface area is 370 Å². The van der Waals surface area contributed by atoms with Crippen LogP contribution in [0.2, 0.25) is 0 Å². The number of nitrogens with zero attached hydrogens (tertiary/aromatic N) is 2. The van der Waals surface area contributed by atoms with Crippen molar-refractivity contribution in [1.29, 1.82) is 0 Å². The number of imidazole rings is 1. The van der Waals surface area contributed by atoms with Gasteiger partial charge >= 0.3 is 5.97 Å². The van der Waals surface area contributed by atoms with E-state index in [1.54, 1.807) is 20.8 Å². The number of hydrogen-bond acceptors (Lipinski definition) is 11. The highest BCUT2D eigenvalue weighted by Crippen LogP contribution is 2.13. The largest absolute Gasteiger partial charge is 0.480 e.